The van der Waals surface area contributed by atoms with Crippen LogP contribution in [0.2, 0.25) is 0 Å². The van der Waals surface area contributed by atoms with Gasteiger partial charge < -0.3 is 14.4 Å². The second kappa shape index (κ2) is 7.69. The maximum atomic E-state index is 12.3. The van der Waals surface area contributed by atoms with Gasteiger partial charge in [0.1, 0.15) is 12.1 Å². The molecule has 0 saturated heterocycles. The first-order valence-corrected chi connectivity index (χ1v) is 7.85. The summed E-state index contributed by atoms with van der Waals surface area (Å²) in [5, 5.41) is 9.31. The molecule has 0 N–H and O–H groups in total. The van der Waals surface area contributed by atoms with Crippen LogP contribution in [0.25, 0.3) is 6.08 Å². The van der Waals surface area contributed by atoms with Gasteiger partial charge in [0.25, 0.3) is 0 Å². The largest absolute Gasteiger partial charge is 0.493 e. The Morgan fingerprint density at radius 2 is 2.21 bits per heavy atom. The molecular formula is C19H22N2O3. The van der Waals surface area contributed by atoms with Crippen molar-refractivity contribution >= 4 is 12.0 Å². The average molecular weight is 326 g/mol. The van der Waals surface area contributed by atoms with Gasteiger partial charge in [0.05, 0.1) is 13.2 Å². The number of likely N-dealkylation sites (N-methyl/N-ethyl adjacent to an activating group) is 1. The molecule has 0 atom stereocenters. The number of nitriles is 1. The van der Waals surface area contributed by atoms with E-state index in [9.17, 15) is 10.1 Å². The van der Waals surface area contributed by atoms with E-state index in [-0.39, 0.29) is 5.91 Å². The molecule has 0 aromatic heterocycles. The molecule has 1 fully saturated rings. The summed E-state index contributed by atoms with van der Waals surface area (Å²) >= 11 is 0. The number of methoxy groups -OCH3 is 1. The van der Waals surface area contributed by atoms with Crippen molar-refractivity contribution in [1.82, 2.24) is 4.90 Å². The van der Waals surface area contributed by atoms with Crippen LogP contribution in [-0.2, 0) is 4.79 Å². The van der Waals surface area contributed by atoms with E-state index in [1.807, 2.05) is 6.07 Å². The van der Waals surface area contributed by atoms with Gasteiger partial charge in [-0.05, 0) is 43.0 Å². The van der Waals surface area contributed by atoms with Gasteiger partial charge in [0.15, 0.2) is 11.5 Å². The van der Waals surface area contributed by atoms with E-state index in [0.29, 0.717) is 18.1 Å². The topological polar surface area (TPSA) is 62.6 Å². The molecule has 0 radical (unpaired) electrons. The smallest absolute Gasteiger partial charge is 0.247 e. The van der Waals surface area contributed by atoms with Crippen molar-refractivity contribution in [2.24, 2.45) is 0 Å². The summed E-state index contributed by atoms with van der Waals surface area (Å²) in [6, 6.07) is 7.69. The first-order chi connectivity index (χ1) is 11.6. The Bertz CT molecular complexity index is 684. The van der Waals surface area contributed by atoms with Gasteiger partial charge in [0, 0.05) is 13.1 Å². The van der Waals surface area contributed by atoms with Crippen LogP contribution >= 0.6 is 0 Å². The van der Waals surface area contributed by atoms with Crippen molar-refractivity contribution in [3.8, 4) is 17.6 Å². The molecule has 0 bridgehead atoms. The Morgan fingerprint density at radius 3 is 2.75 bits per heavy atom. The molecule has 1 aromatic rings. The van der Waals surface area contributed by atoms with Gasteiger partial charge >= 0.3 is 0 Å². The highest BCUT2D eigenvalue weighted by atomic mass is 16.5. The number of nitrogens with zero attached hydrogens (tertiary/aromatic N) is 2. The number of amides is 1. The zero-order valence-corrected chi connectivity index (χ0v) is 14.1. The number of hydrogen-bond acceptors (Lipinski definition) is 4. The number of rotatable bonds is 7. The van der Waals surface area contributed by atoms with Crippen LogP contribution in [0.5, 0.6) is 11.5 Å². The third-order valence-electron chi connectivity index (χ3n) is 4.32. The number of hydrogen-bond donors (Lipinski definition) is 0. The van der Waals surface area contributed by atoms with Gasteiger partial charge in [0.2, 0.25) is 5.91 Å². The molecule has 0 heterocycles. The number of carbonyl (C=O) groups excluding carboxylic acids is 1. The molecule has 0 aliphatic heterocycles. The normalized spacial score (nSPS) is 15.2. The molecule has 1 saturated carbocycles. The summed E-state index contributed by atoms with van der Waals surface area (Å²) < 4.78 is 10.8. The van der Waals surface area contributed by atoms with Crippen molar-refractivity contribution in [1.29, 1.82) is 5.26 Å². The van der Waals surface area contributed by atoms with Crippen LogP contribution in [0, 0.1) is 11.3 Å². The second-order valence-electron chi connectivity index (χ2n) is 5.74. The number of carbonyl (C=O) groups is 1. The van der Waals surface area contributed by atoms with E-state index in [1.54, 1.807) is 38.4 Å². The fourth-order valence-corrected chi connectivity index (χ4v) is 2.58. The standard InChI is InChI=1S/C19H22N2O3/c1-4-12-24-16-8-6-15(13-17(16)23-3)7-9-18(22)21(2)19(14-20)10-5-11-19/h4,6-9,13H,1,5,10-12H2,2-3H3/b9-7-. The fraction of sp³-hybridized carbons (Fsp3) is 0.368. The van der Waals surface area contributed by atoms with E-state index in [0.717, 1.165) is 24.8 Å². The van der Waals surface area contributed by atoms with E-state index in [4.69, 9.17) is 9.47 Å². The fourth-order valence-electron chi connectivity index (χ4n) is 2.58. The first-order valence-electron chi connectivity index (χ1n) is 7.85. The Balaban J connectivity index is 2.09. The molecule has 1 aliphatic rings. The van der Waals surface area contributed by atoms with Gasteiger partial charge in [-0.2, -0.15) is 5.26 Å². The lowest BCUT2D eigenvalue weighted by molar-refractivity contribution is -0.130. The predicted octanol–water partition coefficient (Wildman–Crippen LogP) is 3.18. The molecule has 24 heavy (non-hydrogen) atoms. The van der Waals surface area contributed by atoms with Crippen LogP contribution in [0.15, 0.2) is 36.9 Å². The quantitative estimate of drug-likeness (QED) is 0.570. The van der Waals surface area contributed by atoms with Gasteiger partial charge in [-0.3, -0.25) is 4.79 Å². The third kappa shape index (κ3) is 3.60. The minimum atomic E-state index is -0.637. The summed E-state index contributed by atoms with van der Waals surface area (Å²) in [6.07, 6.45) is 7.32. The molecule has 0 spiro atoms. The first kappa shape index (κ1) is 17.6. The highest BCUT2D eigenvalue weighted by molar-refractivity contribution is 5.92. The van der Waals surface area contributed by atoms with Crippen LogP contribution in [0.1, 0.15) is 24.8 Å². The van der Waals surface area contributed by atoms with E-state index in [2.05, 4.69) is 12.6 Å². The Hall–Kier alpha value is -2.74. The molecular weight excluding hydrogens is 304 g/mol. The van der Waals surface area contributed by atoms with Crippen LogP contribution in [-0.4, -0.2) is 37.1 Å². The summed E-state index contributed by atoms with van der Waals surface area (Å²) in [5.41, 5.74) is 0.181. The predicted molar refractivity (Wildman–Crippen MR) is 92.7 cm³/mol. The highest BCUT2D eigenvalue weighted by Gasteiger charge is 2.42. The number of benzene rings is 1. The lowest BCUT2D eigenvalue weighted by Gasteiger charge is -2.42. The lowest BCUT2D eigenvalue weighted by atomic mass is 9.76. The summed E-state index contributed by atoms with van der Waals surface area (Å²) in [6.45, 7) is 4.00. The Kier molecular flexibility index (Phi) is 5.64. The van der Waals surface area contributed by atoms with E-state index >= 15 is 0 Å². The van der Waals surface area contributed by atoms with Crippen molar-refractivity contribution in [3.63, 3.8) is 0 Å². The summed E-state index contributed by atoms with van der Waals surface area (Å²) in [7, 11) is 3.25. The van der Waals surface area contributed by atoms with Crippen LogP contribution in [0.4, 0.5) is 0 Å². The number of ether oxygens (including phenoxy) is 2. The Labute approximate surface area is 142 Å². The molecule has 5 heteroatoms. The zero-order valence-electron chi connectivity index (χ0n) is 14.1. The maximum absolute atomic E-state index is 12.3. The maximum Gasteiger partial charge on any atom is 0.247 e. The third-order valence-corrected chi connectivity index (χ3v) is 4.32. The minimum Gasteiger partial charge on any atom is -0.493 e. The van der Waals surface area contributed by atoms with Crippen molar-refractivity contribution in [3.05, 3.63) is 42.5 Å². The SMILES string of the molecule is C=CCOc1ccc(/C=C\C(=O)N(C)C2(C#N)CCC2)cc1OC. The van der Waals surface area contributed by atoms with Crippen molar-refractivity contribution in [2.45, 2.75) is 24.8 Å². The van der Waals surface area contributed by atoms with Gasteiger partial charge in [-0.25, -0.2) is 0 Å². The monoisotopic (exact) mass is 326 g/mol. The molecule has 126 valence electrons. The summed E-state index contributed by atoms with van der Waals surface area (Å²) in [5.74, 6) is 1.03. The highest BCUT2D eigenvalue weighted by Crippen LogP contribution is 2.36. The molecule has 1 amide bonds. The summed E-state index contributed by atoms with van der Waals surface area (Å²) in [4.78, 5) is 13.8. The van der Waals surface area contributed by atoms with Crippen LogP contribution < -0.4 is 9.47 Å². The molecule has 0 unspecified atom stereocenters. The van der Waals surface area contributed by atoms with Crippen LogP contribution in [0.3, 0.4) is 0 Å². The Morgan fingerprint density at radius 1 is 1.46 bits per heavy atom. The lowest BCUT2D eigenvalue weighted by Crippen LogP contribution is -2.52. The molecule has 1 aliphatic carbocycles. The molecule has 1 aromatic carbocycles. The van der Waals surface area contributed by atoms with Crippen molar-refractivity contribution < 1.29 is 14.3 Å². The van der Waals surface area contributed by atoms with Crippen molar-refractivity contribution in [2.75, 3.05) is 20.8 Å². The van der Waals surface area contributed by atoms with Gasteiger partial charge in [-0.1, -0.05) is 18.7 Å². The molecule has 2 rings (SSSR count). The van der Waals surface area contributed by atoms with Gasteiger partial charge in [-0.15, -0.1) is 0 Å². The molecule has 5 nitrogen and oxygen atoms in total. The van der Waals surface area contributed by atoms with E-state index < -0.39 is 5.54 Å². The minimum absolute atomic E-state index is 0.179. The average Bonchev–Trinajstić information content (AvgIpc) is 2.57. The van der Waals surface area contributed by atoms with E-state index in [1.165, 1.54) is 11.0 Å². The second-order valence-corrected chi connectivity index (χ2v) is 5.74. The zero-order chi connectivity index (χ0) is 17.6.